The van der Waals surface area contributed by atoms with E-state index in [0.29, 0.717) is 17.9 Å². The Kier molecular flexibility index (Phi) is 6.26. The van der Waals surface area contributed by atoms with Crippen molar-refractivity contribution in [1.82, 2.24) is 15.2 Å². The molecule has 0 radical (unpaired) electrons. The van der Waals surface area contributed by atoms with E-state index in [1.54, 1.807) is 6.92 Å². The first-order chi connectivity index (χ1) is 16.5. The zero-order valence-corrected chi connectivity index (χ0v) is 18.6. The lowest BCUT2D eigenvalue weighted by molar-refractivity contribution is -0.185. The van der Waals surface area contributed by atoms with Crippen molar-refractivity contribution in [2.75, 3.05) is 13.7 Å². The average Bonchev–Trinajstić information content (AvgIpc) is 3.16. The first-order valence-corrected chi connectivity index (χ1v) is 10.5. The maximum Gasteiger partial charge on any atom is 0.471 e. The highest BCUT2D eigenvalue weighted by atomic mass is 19.4. The van der Waals surface area contributed by atoms with Crippen LogP contribution in [0.4, 0.5) is 22.0 Å². The maximum absolute atomic E-state index is 14.6. The van der Waals surface area contributed by atoms with Gasteiger partial charge in [-0.05, 0) is 30.2 Å². The van der Waals surface area contributed by atoms with Gasteiger partial charge < -0.3 is 9.26 Å². The Balaban J connectivity index is 1.52. The molecule has 1 aromatic heterocycles. The lowest BCUT2D eigenvalue weighted by atomic mass is 9.93. The predicted octanol–water partition coefficient (Wildman–Crippen LogP) is 5.02. The molecule has 35 heavy (non-hydrogen) atoms. The van der Waals surface area contributed by atoms with Gasteiger partial charge in [-0.2, -0.15) is 18.2 Å². The lowest BCUT2D eigenvalue weighted by Crippen LogP contribution is -2.41. The molecule has 1 amide bonds. The normalized spacial score (nSPS) is 18.8. The number of amides is 1. The molecule has 12 heteroatoms. The van der Waals surface area contributed by atoms with E-state index >= 15 is 0 Å². The number of nitrogens with zero attached hydrogens (tertiary/aromatic N) is 3. The molecule has 7 nitrogen and oxygen atoms in total. The number of ether oxygens (including phenoxy) is 1. The van der Waals surface area contributed by atoms with Crippen LogP contribution in [-0.4, -0.2) is 40.8 Å². The number of rotatable bonds is 8. The minimum Gasteiger partial charge on any atom is -0.494 e. The Hall–Kier alpha value is -3.54. The second-order valence-corrected chi connectivity index (χ2v) is 7.89. The molecule has 4 rings (SSSR count). The Morgan fingerprint density at radius 2 is 1.74 bits per heavy atom. The Morgan fingerprint density at radius 3 is 2.23 bits per heavy atom. The number of halogens is 5. The molecule has 1 fully saturated rings. The summed E-state index contributed by atoms with van der Waals surface area (Å²) in [5, 5.41) is 4.14. The standard InChI is InChI=1S/C23H20F5N3O4/c1-3-34-17-10-8-16(9-11-17)21(13-22(21,24)25)20(32)31(33-2)12-14-4-6-15(7-5-14)18-29-19(35-30-18)23(26,27)28/h4-11H,3,12-13H2,1-2H3. The molecule has 2 aromatic carbocycles. The molecule has 1 heterocycles. The van der Waals surface area contributed by atoms with Crippen LogP contribution in [0.25, 0.3) is 11.4 Å². The summed E-state index contributed by atoms with van der Waals surface area (Å²) in [6.45, 7) is 2.02. The monoisotopic (exact) mass is 497 g/mol. The van der Waals surface area contributed by atoms with E-state index in [-0.39, 0.29) is 23.5 Å². The number of carbonyl (C=O) groups excluding carboxylic acids is 1. The molecule has 3 aromatic rings. The van der Waals surface area contributed by atoms with Crippen molar-refractivity contribution >= 4 is 5.91 Å². The van der Waals surface area contributed by atoms with Crippen LogP contribution in [0.1, 0.15) is 30.4 Å². The van der Waals surface area contributed by atoms with Crippen molar-refractivity contribution in [2.45, 2.75) is 37.4 Å². The summed E-state index contributed by atoms with van der Waals surface area (Å²) in [5.41, 5.74) is -1.20. The maximum atomic E-state index is 14.6. The second-order valence-electron chi connectivity index (χ2n) is 7.89. The van der Waals surface area contributed by atoms with Crippen LogP contribution >= 0.6 is 0 Å². The van der Waals surface area contributed by atoms with Gasteiger partial charge in [0.1, 0.15) is 11.2 Å². The molecule has 0 saturated heterocycles. The quantitative estimate of drug-likeness (QED) is 0.321. The minimum atomic E-state index is -4.77. The lowest BCUT2D eigenvalue weighted by Gasteiger charge is -2.26. The number of carbonyl (C=O) groups is 1. The number of benzene rings is 2. The highest BCUT2D eigenvalue weighted by Gasteiger charge is 2.77. The fourth-order valence-electron chi connectivity index (χ4n) is 3.77. The minimum absolute atomic E-state index is 0.144. The third-order valence-corrected chi connectivity index (χ3v) is 5.66. The van der Waals surface area contributed by atoms with Crippen LogP contribution in [0.15, 0.2) is 53.1 Å². The first-order valence-electron chi connectivity index (χ1n) is 10.5. The largest absolute Gasteiger partial charge is 0.494 e. The van der Waals surface area contributed by atoms with Crippen molar-refractivity contribution in [3.05, 3.63) is 65.5 Å². The molecule has 1 aliphatic carbocycles. The molecule has 0 aliphatic heterocycles. The molecule has 1 aliphatic rings. The fraction of sp³-hybridized carbons (Fsp3) is 0.348. The third-order valence-electron chi connectivity index (χ3n) is 5.66. The molecule has 1 atom stereocenters. The van der Waals surface area contributed by atoms with Gasteiger partial charge in [0.2, 0.25) is 5.82 Å². The zero-order chi connectivity index (χ0) is 25.4. The van der Waals surface area contributed by atoms with Crippen LogP contribution in [0.3, 0.4) is 0 Å². The van der Waals surface area contributed by atoms with E-state index in [2.05, 4.69) is 14.7 Å². The second kappa shape index (κ2) is 8.91. The van der Waals surface area contributed by atoms with Crippen LogP contribution in [-0.2, 0) is 27.8 Å². The van der Waals surface area contributed by atoms with E-state index in [9.17, 15) is 26.7 Å². The van der Waals surface area contributed by atoms with Crippen molar-refractivity contribution in [3.8, 4) is 17.1 Å². The predicted molar refractivity (Wildman–Crippen MR) is 111 cm³/mol. The van der Waals surface area contributed by atoms with Gasteiger partial charge in [0.25, 0.3) is 11.8 Å². The van der Waals surface area contributed by atoms with E-state index in [4.69, 9.17) is 9.57 Å². The van der Waals surface area contributed by atoms with Crippen molar-refractivity contribution in [2.24, 2.45) is 0 Å². The first kappa shape index (κ1) is 24.6. The van der Waals surface area contributed by atoms with Gasteiger partial charge in [-0.15, -0.1) is 0 Å². The summed E-state index contributed by atoms with van der Waals surface area (Å²) in [5.74, 6) is -5.41. The highest BCUT2D eigenvalue weighted by molar-refractivity contribution is 5.93. The van der Waals surface area contributed by atoms with Crippen LogP contribution in [0, 0.1) is 0 Å². The number of aromatic nitrogens is 2. The van der Waals surface area contributed by atoms with Crippen LogP contribution in [0.2, 0.25) is 0 Å². The van der Waals surface area contributed by atoms with Gasteiger partial charge >= 0.3 is 12.1 Å². The summed E-state index contributed by atoms with van der Waals surface area (Å²) < 4.78 is 76.7. The zero-order valence-electron chi connectivity index (χ0n) is 18.6. The smallest absolute Gasteiger partial charge is 0.471 e. The molecular formula is C23H20F5N3O4. The van der Waals surface area contributed by atoms with Gasteiger partial charge in [-0.1, -0.05) is 41.6 Å². The highest BCUT2D eigenvalue weighted by Crippen LogP contribution is 2.62. The van der Waals surface area contributed by atoms with E-state index in [1.165, 1.54) is 55.6 Å². The summed E-state index contributed by atoms with van der Waals surface area (Å²) >= 11 is 0. The van der Waals surface area contributed by atoms with Gasteiger partial charge in [0.15, 0.2) is 0 Å². The van der Waals surface area contributed by atoms with Gasteiger partial charge in [-0.25, -0.2) is 13.8 Å². The topological polar surface area (TPSA) is 77.7 Å². The van der Waals surface area contributed by atoms with E-state index in [1.807, 2.05) is 0 Å². The summed E-state index contributed by atoms with van der Waals surface area (Å²) in [4.78, 5) is 21.7. The summed E-state index contributed by atoms with van der Waals surface area (Å²) in [7, 11) is 1.19. The Labute approximate surface area is 196 Å². The van der Waals surface area contributed by atoms with Crippen LogP contribution in [0.5, 0.6) is 5.75 Å². The number of hydrogen-bond donors (Lipinski definition) is 0. The number of hydroxylamine groups is 2. The van der Waals surface area contributed by atoms with Gasteiger partial charge in [-0.3, -0.25) is 9.63 Å². The van der Waals surface area contributed by atoms with Crippen LogP contribution < -0.4 is 4.74 Å². The Bertz CT molecular complexity index is 1200. The average molecular weight is 497 g/mol. The fourth-order valence-corrected chi connectivity index (χ4v) is 3.77. The van der Waals surface area contributed by atoms with Gasteiger partial charge in [0.05, 0.1) is 20.3 Å². The van der Waals surface area contributed by atoms with Crippen molar-refractivity contribution in [3.63, 3.8) is 0 Å². The van der Waals surface area contributed by atoms with Gasteiger partial charge in [0, 0.05) is 12.0 Å². The van der Waals surface area contributed by atoms with E-state index in [0.717, 1.165) is 5.06 Å². The number of alkyl halides is 5. The molecular weight excluding hydrogens is 477 g/mol. The SMILES string of the molecule is CCOc1ccc(C2(C(=O)N(Cc3ccc(-c4noc(C(F)(F)F)n4)cc3)OC)CC2(F)F)cc1. The molecule has 186 valence electrons. The molecule has 1 saturated carbocycles. The Morgan fingerprint density at radius 1 is 1.11 bits per heavy atom. The van der Waals surface area contributed by atoms with E-state index < -0.39 is 35.7 Å². The third kappa shape index (κ3) is 4.57. The summed E-state index contributed by atoms with van der Waals surface area (Å²) in [6, 6.07) is 11.8. The van der Waals surface area contributed by atoms with Crippen molar-refractivity contribution in [1.29, 1.82) is 0 Å². The molecule has 1 unspecified atom stereocenters. The molecule has 0 N–H and O–H groups in total. The number of hydrogen-bond acceptors (Lipinski definition) is 6. The van der Waals surface area contributed by atoms with Crippen molar-refractivity contribution < 1.29 is 40.8 Å². The molecule has 0 spiro atoms. The molecule has 0 bridgehead atoms. The summed E-state index contributed by atoms with van der Waals surface area (Å²) in [6.07, 6.45) is -5.43.